The molecule has 0 bridgehead atoms. The predicted molar refractivity (Wildman–Crippen MR) is 120 cm³/mol. The van der Waals surface area contributed by atoms with Crippen LogP contribution >= 0.6 is 23.2 Å². The molecule has 166 valence electrons. The molecule has 2 atom stereocenters. The van der Waals surface area contributed by atoms with E-state index in [2.05, 4.69) is 19.2 Å². The highest BCUT2D eigenvalue weighted by molar-refractivity contribution is 6.35. The minimum Gasteiger partial charge on any atom is -0.459 e. The normalized spacial score (nSPS) is 25.4. The predicted octanol–water partition coefficient (Wildman–Crippen LogP) is 5.32. The number of rotatable bonds is 4. The number of esters is 1. The largest absolute Gasteiger partial charge is 0.459 e. The standard InChI is InChI=1S/C24H27Cl2NO4/c1-13-20(23(29)31-12-15-5-4-8-30-15)21(16-7-6-14(25)9-17(16)26)22-18(27-13)10-24(2,3)11-19(22)28/h6-7,9,15,21,27H,4-5,8,10-12H2,1-3H3/t15-,21+/m1/s1. The summed E-state index contributed by atoms with van der Waals surface area (Å²) in [7, 11) is 0. The van der Waals surface area contributed by atoms with Crippen molar-refractivity contribution < 1.29 is 19.1 Å². The maximum atomic E-state index is 13.3. The van der Waals surface area contributed by atoms with Crippen LogP contribution in [0.2, 0.25) is 10.0 Å². The topological polar surface area (TPSA) is 64.6 Å². The second-order valence-corrected chi connectivity index (χ2v) is 10.2. The molecule has 0 saturated carbocycles. The van der Waals surface area contributed by atoms with Gasteiger partial charge in [0.1, 0.15) is 6.61 Å². The average molecular weight is 464 g/mol. The van der Waals surface area contributed by atoms with E-state index >= 15 is 0 Å². The Bertz CT molecular complexity index is 989. The van der Waals surface area contributed by atoms with Crippen LogP contribution in [-0.4, -0.2) is 31.1 Å². The molecule has 1 aliphatic carbocycles. The minimum absolute atomic E-state index is 0.0201. The summed E-state index contributed by atoms with van der Waals surface area (Å²) in [6.45, 7) is 6.88. The molecular weight excluding hydrogens is 437 g/mol. The van der Waals surface area contributed by atoms with Gasteiger partial charge in [0.25, 0.3) is 0 Å². The number of Topliss-reactive ketones (excluding diaryl/α,β-unsaturated/α-hetero) is 1. The van der Waals surface area contributed by atoms with Gasteiger partial charge in [-0.3, -0.25) is 4.79 Å². The smallest absolute Gasteiger partial charge is 0.336 e. The van der Waals surface area contributed by atoms with Gasteiger partial charge < -0.3 is 14.8 Å². The van der Waals surface area contributed by atoms with E-state index in [-0.39, 0.29) is 23.9 Å². The third-order valence-corrected chi connectivity index (χ3v) is 6.72. The van der Waals surface area contributed by atoms with Crippen molar-refractivity contribution in [3.63, 3.8) is 0 Å². The fourth-order valence-electron chi connectivity index (χ4n) is 4.78. The molecule has 1 aromatic carbocycles. The molecule has 1 saturated heterocycles. The van der Waals surface area contributed by atoms with Crippen molar-refractivity contribution >= 4 is 35.0 Å². The van der Waals surface area contributed by atoms with Crippen molar-refractivity contribution in [2.45, 2.75) is 58.5 Å². The molecule has 0 radical (unpaired) electrons. The molecule has 31 heavy (non-hydrogen) atoms. The van der Waals surface area contributed by atoms with Crippen LogP contribution in [0, 0.1) is 5.41 Å². The zero-order valence-corrected chi connectivity index (χ0v) is 19.5. The molecule has 1 N–H and O–H groups in total. The Morgan fingerprint density at radius 3 is 2.74 bits per heavy atom. The third kappa shape index (κ3) is 4.55. The van der Waals surface area contributed by atoms with Gasteiger partial charge in [0, 0.05) is 46.0 Å². The molecule has 0 aromatic heterocycles. The number of hydrogen-bond acceptors (Lipinski definition) is 5. The Morgan fingerprint density at radius 1 is 1.29 bits per heavy atom. The molecular formula is C24H27Cl2NO4. The van der Waals surface area contributed by atoms with Crippen LogP contribution in [0.3, 0.4) is 0 Å². The number of carbonyl (C=O) groups is 2. The number of halogens is 2. The number of hydrogen-bond donors (Lipinski definition) is 1. The lowest BCUT2D eigenvalue weighted by molar-refractivity contribution is -0.142. The maximum Gasteiger partial charge on any atom is 0.336 e. The number of dihydropyridines is 1. The Kier molecular flexibility index (Phi) is 6.21. The Balaban J connectivity index is 1.75. The van der Waals surface area contributed by atoms with E-state index in [1.54, 1.807) is 18.2 Å². The first kappa shape index (κ1) is 22.4. The number of ether oxygens (including phenoxy) is 2. The van der Waals surface area contributed by atoms with E-state index in [0.717, 1.165) is 18.5 Å². The van der Waals surface area contributed by atoms with Gasteiger partial charge in [-0.25, -0.2) is 4.79 Å². The molecule has 1 fully saturated rings. The van der Waals surface area contributed by atoms with Crippen LogP contribution < -0.4 is 5.32 Å². The lowest BCUT2D eigenvalue weighted by Crippen LogP contribution is -2.39. The van der Waals surface area contributed by atoms with Crippen LogP contribution in [0.1, 0.15) is 57.9 Å². The summed E-state index contributed by atoms with van der Waals surface area (Å²) in [5, 5.41) is 4.25. The number of nitrogens with one attached hydrogen (secondary N) is 1. The van der Waals surface area contributed by atoms with E-state index in [4.69, 9.17) is 32.7 Å². The Morgan fingerprint density at radius 2 is 2.06 bits per heavy atom. The summed E-state index contributed by atoms with van der Waals surface area (Å²) < 4.78 is 11.2. The van der Waals surface area contributed by atoms with Gasteiger partial charge in [-0.2, -0.15) is 0 Å². The van der Waals surface area contributed by atoms with Gasteiger partial charge in [0.15, 0.2) is 5.78 Å². The lowest BCUT2D eigenvalue weighted by atomic mass is 9.68. The molecule has 4 rings (SSSR count). The molecule has 2 aliphatic heterocycles. The monoisotopic (exact) mass is 463 g/mol. The fourth-order valence-corrected chi connectivity index (χ4v) is 5.29. The van der Waals surface area contributed by atoms with E-state index in [1.807, 2.05) is 6.92 Å². The number of allylic oxidation sites excluding steroid dienone is 3. The SMILES string of the molecule is CC1=C(C(=O)OC[C@H]2CCCO2)[C@H](c2ccc(Cl)cc2Cl)C2=C(CC(C)(C)CC2=O)N1. The molecule has 7 heteroatoms. The zero-order chi connectivity index (χ0) is 22.3. The summed E-state index contributed by atoms with van der Waals surface area (Å²) in [5.74, 6) is -1.03. The number of carbonyl (C=O) groups excluding carboxylic acids is 2. The van der Waals surface area contributed by atoms with Gasteiger partial charge in [-0.1, -0.05) is 43.1 Å². The van der Waals surface area contributed by atoms with Crippen molar-refractivity contribution in [2.24, 2.45) is 5.41 Å². The number of benzene rings is 1. The molecule has 3 aliphatic rings. The summed E-state index contributed by atoms with van der Waals surface area (Å²) in [4.78, 5) is 26.5. The van der Waals surface area contributed by atoms with Crippen molar-refractivity contribution in [2.75, 3.05) is 13.2 Å². The van der Waals surface area contributed by atoms with Crippen molar-refractivity contribution in [1.29, 1.82) is 0 Å². The fraction of sp³-hybridized carbons (Fsp3) is 0.500. The minimum atomic E-state index is -0.596. The van der Waals surface area contributed by atoms with Gasteiger partial charge in [0.2, 0.25) is 0 Å². The van der Waals surface area contributed by atoms with Crippen LogP contribution in [0.15, 0.2) is 40.7 Å². The molecule has 0 amide bonds. The first-order chi connectivity index (χ1) is 14.7. The molecule has 2 heterocycles. The summed E-state index contributed by atoms with van der Waals surface area (Å²) >= 11 is 12.7. The van der Waals surface area contributed by atoms with Crippen molar-refractivity contribution in [1.82, 2.24) is 5.32 Å². The average Bonchev–Trinajstić information content (AvgIpc) is 3.17. The van der Waals surface area contributed by atoms with E-state index in [9.17, 15) is 9.59 Å². The van der Waals surface area contributed by atoms with E-state index in [1.165, 1.54) is 0 Å². The van der Waals surface area contributed by atoms with Crippen molar-refractivity contribution in [3.8, 4) is 0 Å². The summed E-state index contributed by atoms with van der Waals surface area (Å²) in [5.41, 5.74) is 3.06. The van der Waals surface area contributed by atoms with Crippen LogP contribution in [0.4, 0.5) is 0 Å². The van der Waals surface area contributed by atoms with Gasteiger partial charge in [-0.05, 0) is 49.3 Å². The highest BCUT2D eigenvalue weighted by Crippen LogP contribution is 2.48. The third-order valence-electron chi connectivity index (χ3n) is 6.16. The first-order valence-corrected chi connectivity index (χ1v) is 11.4. The lowest BCUT2D eigenvalue weighted by Gasteiger charge is -2.39. The molecule has 5 nitrogen and oxygen atoms in total. The molecule has 0 unspecified atom stereocenters. The summed E-state index contributed by atoms with van der Waals surface area (Å²) in [6, 6.07) is 5.16. The number of ketones is 1. The van der Waals surface area contributed by atoms with E-state index in [0.29, 0.717) is 51.9 Å². The van der Waals surface area contributed by atoms with Crippen LogP contribution in [-0.2, 0) is 19.1 Å². The Hall–Kier alpha value is -1.82. The quantitative estimate of drug-likeness (QED) is 0.612. The van der Waals surface area contributed by atoms with Gasteiger partial charge in [-0.15, -0.1) is 0 Å². The van der Waals surface area contributed by atoms with E-state index < -0.39 is 11.9 Å². The van der Waals surface area contributed by atoms with Gasteiger partial charge in [0.05, 0.1) is 11.7 Å². The van der Waals surface area contributed by atoms with Crippen LogP contribution in [0.25, 0.3) is 0 Å². The second kappa shape index (κ2) is 8.61. The van der Waals surface area contributed by atoms with Gasteiger partial charge >= 0.3 is 5.97 Å². The zero-order valence-electron chi connectivity index (χ0n) is 18.0. The maximum absolute atomic E-state index is 13.3. The molecule has 0 spiro atoms. The van der Waals surface area contributed by atoms with Crippen LogP contribution in [0.5, 0.6) is 0 Å². The van der Waals surface area contributed by atoms with Crippen molar-refractivity contribution in [3.05, 3.63) is 56.3 Å². The second-order valence-electron chi connectivity index (χ2n) is 9.33. The Labute approximate surface area is 192 Å². The molecule has 1 aromatic rings. The first-order valence-electron chi connectivity index (χ1n) is 10.6. The highest BCUT2D eigenvalue weighted by atomic mass is 35.5. The summed E-state index contributed by atoms with van der Waals surface area (Å²) in [6.07, 6.45) is 2.89. The highest BCUT2D eigenvalue weighted by Gasteiger charge is 2.43.